The zero-order valence-corrected chi connectivity index (χ0v) is 13.1. The predicted octanol–water partition coefficient (Wildman–Crippen LogP) is 2.59. The van der Waals surface area contributed by atoms with Gasteiger partial charge in [-0.05, 0) is 17.7 Å². The summed E-state index contributed by atoms with van der Waals surface area (Å²) in [5, 5.41) is 3.13. The van der Waals surface area contributed by atoms with Gasteiger partial charge in [-0.25, -0.2) is 0 Å². The summed E-state index contributed by atoms with van der Waals surface area (Å²) >= 11 is 0. The van der Waals surface area contributed by atoms with Crippen molar-refractivity contribution in [3.8, 4) is 5.75 Å². The molecule has 2 rings (SSSR count). The van der Waals surface area contributed by atoms with Crippen LogP contribution in [0, 0.1) is 0 Å². The monoisotopic (exact) mass is 401 g/mol. The minimum absolute atomic E-state index is 0. The maximum Gasteiger partial charge on any atom is 0.573 e. The molecule has 1 aliphatic heterocycles. The number of likely N-dealkylation sites (N-methyl/N-ethyl adjacent to an activating group) is 1. The van der Waals surface area contributed by atoms with E-state index in [1.165, 1.54) is 12.1 Å². The van der Waals surface area contributed by atoms with E-state index in [9.17, 15) is 13.2 Å². The van der Waals surface area contributed by atoms with Gasteiger partial charge in [-0.3, -0.25) is 4.99 Å². The van der Waals surface area contributed by atoms with Crippen LogP contribution in [0.2, 0.25) is 0 Å². The van der Waals surface area contributed by atoms with E-state index in [4.69, 9.17) is 0 Å². The second-order valence-electron chi connectivity index (χ2n) is 4.17. The third kappa shape index (κ3) is 5.06. The Morgan fingerprint density at radius 1 is 1.30 bits per heavy atom. The molecule has 0 amide bonds. The Morgan fingerprint density at radius 3 is 2.45 bits per heavy atom. The first kappa shape index (κ1) is 16.9. The van der Waals surface area contributed by atoms with Crippen molar-refractivity contribution in [2.24, 2.45) is 4.99 Å². The number of guanidine groups is 1. The SMILES string of the molecule is CN1CCN=C1NCc1ccc(OC(F)(F)F)cc1.I. The minimum atomic E-state index is -4.65. The number of nitrogens with zero attached hydrogens (tertiary/aromatic N) is 2. The molecule has 0 unspecified atom stereocenters. The molecule has 0 radical (unpaired) electrons. The average Bonchev–Trinajstić information content (AvgIpc) is 2.72. The third-order valence-corrected chi connectivity index (χ3v) is 2.67. The van der Waals surface area contributed by atoms with E-state index >= 15 is 0 Å². The number of rotatable bonds is 3. The van der Waals surface area contributed by atoms with Crippen molar-refractivity contribution in [2.75, 3.05) is 20.1 Å². The van der Waals surface area contributed by atoms with Gasteiger partial charge in [0.25, 0.3) is 0 Å². The molecule has 1 aromatic rings. The maximum absolute atomic E-state index is 12.0. The lowest BCUT2D eigenvalue weighted by molar-refractivity contribution is -0.274. The molecule has 112 valence electrons. The highest BCUT2D eigenvalue weighted by Crippen LogP contribution is 2.22. The van der Waals surface area contributed by atoms with Crippen molar-refractivity contribution in [3.63, 3.8) is 0 Å². The second-order valence-corrected chi connectivity index (χ2v) is 4.17. The van der Waals surface area contributed by atoms with Crippen LogP contribution in [0.4, 0.5) is 13.2 Å². The molecule has 0 fully saturated rings. The van der Waals surface area contributed by atoms with Gasteiger partial charge in [0.15, 0.2) is 5.96 Å². The number of hydrogen-bond donors (Lipinski definition) is 1. The quantitative estimate of drug-likeness (QED) is 0.792. The van der Waals surface area contributed by atoms with E-state index in [1.54, 1.807) is 12.1 Å². The third-order valence-electron chi connectivity index (χ3n) is 2.67. The lowest BCUT2D eigenvalue weighted by Gasteiger charge is -2.15. The Labute approximate surface area is 132 Å². The van der Waals surface area contributed by atoms with Crippen LogP contribution in [0.3, 0.4) is 0 Å². The summed E-state index contributed by atoms with van der Waals surface area (Å²) in [6.07, 6.45) is -4.65. The van der Waals surface area contributed by atoms with Crippen molar-refractivity contribution in [1.82, 2.24) is 10.2 Å². The van der Waals surface area contributed by atoms with Gasteiger partial charge in [0, 0.05) is 20.1 Å². The summed E-state index contributed by atoms with van der Waals surface area (Å²) < 4.78 is 39.7. The molecule has 0 aliphatic carbocycles. The van der Waals surface area contributed by atoms with Gasteiger partial charge in [0.1, 0.15) is 5.75 Å². The zero-order chi connectivity index (χ0) is 13.9. The van der Waals surface area contributed by atoms with Gasteiger partial charge in [-0.15, -0.1) is 37.1 Å². The summed E-state index contributed by atoms with van der Waals surface area (Å²) in [7, 11) is 1.93. The van der Waals surface area contributed by atoms with Crippen molar-refractivity contribution in [2.45, 2.75) is 12.9 Å². The summed E-state index contributed by atoms with van der Waals surface area (Å²) in [4.78, 5) is 6.24. The fraction of sp³-hybridized carbons (Fsp3) is 0.417. The summed E-state index contributed by atoms with van der Waals surface area (Å²) in [5.74, 6) is 0.585. The molecule has 0 spiro atoms. The number of hydrogen-bond acceptors (Lipinski definition) is 4. The molecule has 0 aromatic heterocycles. The molecule has 20 heavy (non-hydrogen) atoms. The lowest BCUT2D eigenvalue weighted by Crippen LogP contribution is -2.35. The molecular formula is C12H15F3IN3O. The molecule has 1 heterocycles. The van der Waals surface area contributed by atoms with E-state index in [1.807, 2.05) is 11.9 Å². The Bertz CT molecular complexity index is 462. The number of aliphatic imine (C=N–C) groups is 1. The second kappa shape index (κ2) is 7.00. The number of alkyl halides is 3. The molecule has 0 saturated carbocycles. The highest BCUT2D eigenvalue weighted by Gasteiger charge is 2.30. The van der Waals surface area contributed by atoms with E-state index < -0.39 is 6.36 Å². The van der Waals surface area contributed by atoms with Crippen molar-refractivity contribution in [3.05, 3.63) is 29.8 Å². The predicted molar refractivity (Wildman–Crippen MR) is 80.3 cm³/mol. The molecule has 8 heteroatoms. The molecule has 0 saturated heterocycles. The largest absolute Gasteiger partial charge is 0.573 e. The van der Waals surface area contributed by atoms with E-state index in [-0.39, 0.29) is 29.7 Å². The Balaban J connectivity index is 0.00000200. The highest BCUT2D eigenvalue weighted by molar-refractivity contribution is 14.0. The molecule has 0 bridgehead atoms. The van der Waals surface area contributed by atoms with Crippen LogP contribution < -0.4 is 10.1 Å². The smallest absolute Gasteiger partial charge is 0.406 e. The van der Waals surface area contributed by atoms with Crippen LogP contribution in [0.1, 0.15) is 5.56 Å². The topological polar surface area (TPSA) is 36.9 Å². The zero-order valence-electron chi connectivity index (χ0n) is 10.8. The Kier molecular flexibility index (Phi) is 5.90. The van der Waals surface area contributed by atoms with Crippen molar-refractivity contribution >= 4 is 29.9 Å². The van der Waals surface area contributed by atoms with Gasteiger partial charge < -0.3 is 15.0 Å². The number of nitrogens with one attached hydrogen (secondary N) is 1. The first-order valence-electron chi connectivity index (χ1n) is 5.78. The molecule has 1 aromatic carbocycles. The highest BCUT2D eigenvalue weighted by atomic mass is 127. The van der Waals surface area contributed by atoms with Crippen LogP contribution in [0.5, 0.6) is 5.75 Å². The molecule has 1 aliphatic rings. The summed E-state index contributed by atoms with van der Waals surface area (Å²) in [6, 6.07) is 5.77. The van der Waals surface area contributed by atoms with Crippen LogP contribution in [0.25, 0.3) is 0 Å². The molecular weight excluding hydrogens is 386 g/mol. The molecule has 1 N–H and O–H groups in total. The fourth-order valence-corrected chi connectivity index (χ4v) is 1.71. The standard InChI is InChI=1S/C12H14F3N3O.HI/c1-18-7-6-16-11(18)17-8-9-2-4-10(5-3-9)19-12(13,14)15;/h2-5H,6-8H2,1H3,(H,16,17);1H. The normalized spacial score (nSPS) is 14.6. The van der Waals surface area contributed by atoms with Gasteiger partial charge >= 0.3 is 6.36 Å². The van der Waals surface area contributed by atoms with Gasteiger partial charge in [0.05, 0.1) is 6.54 Å². The van der Waals surface area contributed by atoms with Gasteiger partial charge in [0.2, 0.25) is 0 Å². The summed E-state index contributed by atoms with van der Waals surface area (Å²) in [6.45, 7) is 2.15. The van der Waals surface area contributed by atoms with Gasteiger partial charge in [-0.1, -0.05) is 12.1 Å². The van der Waals surface area contributed by atoms with Crippen LogP contribution in [0.15, 0.2) is 29.3 Å². The van der Waals surface area contributed by atoms with E-state index in [2.05, 4.69) is 15.0 Å². The molecule has 4 nitrogen and oxygen atoms in total. The molecule has 0 atom stereocenters. The van der Waals surface area contributed by atoms with E-state index in [0.29, 0.717) is 6.54 Å². The Morgan fingerprint density at radius 2 is 1.95 bits per heavy atom. The van der Waals surface area contributed by atoms with Gasteiger partial charge in [-0.2, -0.15) is 0 Å². The van der Waals surface area contributed by atoms with Crippen molar-refractivity contribution < 1.29 is 17.9 Å². The first-order chi connectivity index (χ1) is 8.94. The summed E-state index contributed by atoms with van der Waals surface area (Å²) in [5.41, 5.74) is 0.859. The van der Waals surface area contributed by atoms with E-state index in [0.717, 1.165) is 24.6 Å². The lowest BCUT2D eigenvalue weighted by atomic mass is 10.2. The fourth-order valence-electron chi connectivity index (χ4n) is 1.71. The van der Waals surface area contributed by atoms with Crippen LogP contribution in [-0.2, 0) is 6.54 Å². The number of benzene rings is 1. The van der Waals surface area contributed by atoms with Crippen molar-refractivity contribution in [1.29, 1.82) is 0 Å². The number of ether oxygens (including phenoxy) is 1. The first-order valence-corrected chi connectivity index (χ1v) is 5.78. The van der Waals surface area contributed by atoms with Crippen LogP contribution in [-0.4, -0.2) is 37.4 Å². The number of halogens is 4. The Hall–Kier alpha value is -1.19. The maximum atomic E-state index is 12.0. The average molecular weight is 401 g/mol. The minimum Gasteiger partial charge on any atom is -0.406 e. The van der Waals surface area contributed by atoms with Crippen LogP contribution >= 0.6 is 24.0 Å².